The molecular weight excluding hydrogens is 258 g/mol. The number of nitrogens with two attached hydrogens (primary N) is 1. The molecule has 0 radical (unpaired) electrons. The Bertz CT molecular complexity index is 543. The second-order valence-electron chi connectivity index (χ2n) is 5.21. The molecule has 0 saturated carbocycles. The van der Waals surface area contributed by atoms with Crippen LogP contribution in [0.5, 0.6) is 0 Å². The summed E-state index contributed by atoms with van der Waals surface area (Å²) in [7, 11) is 0. The van der Waals surface area contributed by atoms with E-state index in [4.69, 9.17) is 17.3 Å². The van der Waals surface area contributed by atoms with Crippen LogP contribution < -0.4 is 5.73 Å². The van der Waals surface area contributed by atoms with Gasteiger partial charge in [0.1, 0.15) is 0 Å². The highest BCUT2D eigenvalue weighted by atomic mass is 35.5. The monoisotopic (exact) mass is 277 g/mol. The Hall–Kier alpha value is -1.32. The van der Waals surface area contributed by atoms with Gasteiger partial charge in [-0.2, -0.15) is 5.10 Å². The average Bonchev–Trinajstić information content (AvgIpc) is 2.74. The highest BCUT2D eigenvalue weighted by Gasteiger charge is 2.18. The highest BCUT2D eigenvalue weighted by Crippen LogP contribution is 2.26. The molecule has 4 heteroatoms. The summed E-state index contributed by atoms with van der Waals surface area (Å²) >= 11 is 6.21. The number of hydrogen-bond acceptors (Lipinski definition) is 2. The number of rotatable bonds is 4. The Morgan fingerprint density at radius 1 is 1.26 bits per heavy atom. The van der Waals surface area contributed by atoms with Crippen molar-refractivity contribution in [1.29, 1.82) is 0 Å². The van der Waals surface area contributed by atoms with E-state index >= 15 is 0 Å². The van der Waals surface area contributed by atoms with Gasteiger partial charge in [0.2, 0.25) is 0 Å². The smallest absolute Gasteiger partial charge is 0.0834 e. The molecule has 0 aliphatic carbocycles. The topological polar surface area (TPSA) is 43.8 Å². The maximum Gasteiger partial charge on any atom is 0.0834 e. The molecule has 1 aromatic heterocycles. The molecular formula is C15H20ClN3. The standard InChI is InChI=1S/C15H20ClN3/c1-10(2)19-15(13(16)9-18-19)14(17)8-12-6-4-11(3)5-7-12/h4-7,9-10,14H,8,17H2,1-3H3. The van der Waals surface area contributed by atoms with Crippen molar-refractivity contribution in [2.75, 3.05) is 0 Å². The molecule has 3 nitrogen and oxygen atoms in total. The summed E-state index contributed by atoms with van der Waals surface area (Å²) in [6.45, 7) is 6.23. The van der Waals surface area contributed by atoms with Crippen LogP contribution in [-0.4, -0.2) is 9.78 Å². The van der Waals surface area contributed by atoms with Gasteiger partial charge in [0.15, 0.2) is 0 Å². The van der Waals surface area contributed by atoms with Crippen molar-refractivity contribution in [3.05, 3.63) is 52.3 Å². The number of halogens is 1. The molecule has 0 aliphatic rings. The van der Waals surface area contributed by atoms with Gasteiger partial charge in [-0.25, -0.2) is 0 Å². The first-order valence-corrected chi connectivity index (χ1v) is 6.91. The summed E-state index contributed by atoms with van der Waals surface area (Å²) in [5, 5.41) is 4.94. The third-order valence-electron chi connectivity index (χ3n) is 3.20. The predicted octanol–water partition coefficient (Wildman–Crippen LogP) is 3.67. The quantitative estimate of drug-likeness (QED) is 0.927. The molecule has 19 heavy (non-hydrogen) atoms. The van der Waals surface area contributed by atoms with E-state index in [2.05, 4.69) is 50.1 Å². The fourth-order valence-corrected chi connectivity index (χ4v) is 2.45. The molecule has 0 bridgehead atoms. The van der Waals surface area contributed by atoms with E-state index in [1.54, 1.807) is 6.20 Å². The van der Waals surface area contributed by atoms with Crippen molar-refractivity contribution in [3.63, 3.8) is 0 Å². The van der Waals surface area contributed by atoms with Gasteiger partial charge >= 0.3 is 0 Å². The van der Waals surface area contributed by atoms with Gasteiger partial charge < -0.3 is 5.73 Å². The lowest BCUT2D eigenvalue weighted by atomic mass is 10.0. The lowest BCUT2D eigenvalue weighted by Crippen LogP contribution is -2.20. The summed E-state index contributed by atoms with van der Waals surface area (Å²) < 4.78 is 1.90. The highest BCUT2D eigenvalue weighted by molar-refractivity contribution is 6.31. The second-order valence-corrected chi connectivity index (χ2v) is 5.62. The van der Waals surface area contributed by atoms with Gasteiger partial charge in [0.25, 0.3) is 0 Å². The number of hydrogen-bond donors (Lipinski definition) is 1. The fourth-order valence-electron chi connectivity index (χ4n) is 2.18. The first kappa shape index (κ1) is 14.1. The van der Waals surface area contributed by atoms with Crippen LogP contribution in [0.2, 0.25) is 5.02 Å². The van der Waals surface area contributed by atoms with Crippen LogP contribution in [0.4, 0.5) is 0 Å². The fraction of sp³-hybridized carbons (Fsp3) is 0.400. The lowest BCUT2D eigenvalue weighted by Gasteiger charge is -2.17. The van der Waals surface area contributed by atoms with Crippen LogP contribution in [0.15, 0.2) is 30.5 Å². The Morgan fingerprint density at radius 2 is 1.89 bits per heavy atom. The van der Waals surface area contributed by atoms with Gasteiger partial charge in [-0.1, -0.05) is 41.4 Å². The van der Waals surface area contributed by atoms with Crippen molar-refractivity contribution in [2.24, 2.45) is 5.73 Å². The van der Waals surface area contributed by atoms with Crippen molar-refractivity contribution in [1.82, 2.24) is 9.78 Å². The van der Waals surface area contributed by atoms with Gasteiger partial charge in [-0.05, 0) is 32.8 Å². The summed E-state index contributed by atoms with van der Waals surface area (Å²) in [6.07, 6.45) is 2.43. The Morgan fingerprint density at radius 3 is 2.47 bits per heavy atom. The molecule has 0 fully saturated rings. The molecule has 0 saturated heterocycles. The lowest BCUT2D eigenvalue weighted by molar-refractivity contribution is 0.485. The van der Waals surface area contributed by atoms with Crippen LogP contribution in [0.3, 0.4) is 0 Å². The first-order valence-electron chi connectivity index (χ1n) is 6.53. The summed E-state index contributed by atoms with van der Waals surface area (Å²) in [5.74, 6) is 0. The van der Waals surface area contributed by atoms with Crippen molar-refractivity contribution < 1.29 is 0 Å². The molecule has 0 spiro atoms. The van der Waals surface area contributed by atoms with Crippen LogP contribution in [-0.2, 0) is 6.42 Å². The third-order valence-corrected chi connectivity index (χ3v) is 3.49. The maximum absolute atomic E-state index is 6.30. The maximum atomic E-state index is 6.30. The summed E-state index contributed by atoms with van der Waals surface area (Å²) in [6, 6.07) is 8.54. The predicted molar refractivity (Wildman–Crippen MR) is 79.4 cm³/mol. The van der Waals surface area contributed by atoms with Gasteiger partial charge in [-0.3, -0.25) is 4.68 Å². The largest absolute Gasteiger partial charge is 0.322 e. The minimum Gasteiger partial charge on any atom is -0.322 e. The molecule has 102 valence electrons. The first-order chi connectivity index (χ1) is 8.99. The van der Waals surface area contributed by atoms with E-state index in [0.29, 0.717) is 5.02 Å². The van der Waals surface area contributed by atoms with E-state index in [1.165, 1.54) is 11.1 Å². The Labute approximate surface area is 119 Å². The summed E-state index contributed by atoms with van der Waals surface area (Å²) in [5.41, 5.74) is 9.68. The summed E-state index contributed by atoms with van der Waals surface area (Å²) in [4.78, 5) is 0. The average molecular weight is 278 g/mol. The molecule has 1 unspecified atom stereocenters. The van der Waals surface area contributed by atoms with E-state index in [1.807, 2.05) is 4.68 Å². The molecule has 2 N–H and O–H groups in total. The molecule has 0 aliphatic heterocycles. The number of aryl methyl sites for hydroxylation is 1. The molecule has 1 heterocycles. The van der Waals surface area contributed by atoms with E-state index in [9.17, 15) is 0 Å². The number of benzene rings is 1. The molecule has 1 atom stereocenters. The van der Waals surface area contributed by atoms with E-state index in [0.717, 1.165) is 12.1 Å². The van der Waals surface area contributed by atoms with Crippen molar-refractivity contribution in [2.45, 2.75) is 39.3 Å². The minimum absolute atomic E-state index is 0.139. The van der Waals surface area contributed by atoms with Crippen LogP contribution in [0.25, 0.3) is 0 Å². The SMILES string of the molecule is Cc1ccc(CC(N)c2c(Cl)cnn2C(C)C)cc1. The van der Waals surface area contributed by atoms with Gasteiger partial charge in [0, 0.05) is 6.04 Å². The Balaban J connectivity index is 2.22. The molecule has 1 aromatic carbocycles. The Kier molecular flexibility index (Phi) is 4.27. The van der Waals surface area contributed by atoms with E-state index < -0.39 is 0 Å². The minimum atomic E-state index is -0.139. The second kappa shape index (κ2) is 5.76. The number of nitrogens with zero attached hydrogens (tertiary/aromatic N) is 2. The molecule has 2 aromatic rings. The van der Waals surface area contributed by atoms with Crippen LogP contribution >= 0.6 is 11.6 Å². The van der Waals surface area contributed by atoms with E-state index in [-0.39, 0.29) is 12.1 Å². The van der Waals surface area contributed by atoms with Crippen LogP contribution in [0.1, 0.15) is 42.8 Å². The van der Waals surface area contributed by atoms with Gasteiger partial charge in [-0.15, -0.1) is 0 Å². The zero-order chi connectivity index (χ0) is 14.0. The molecule has 0 amide bonds. The van der Waals surface area contributed by atoms with Crippen molar-refractivity contribution in [3.8, 4) is 0 Å². The van der Waals surface area contributed by atoms with Gasteiger partial charge in [0.05, 0.1) is 23.0 Å². The van der Waals surface area contributed by atoms with Crippen molar-refractivity contribution >= 4 is 11.6 Å². The number of aromatic nitrogens is 2. The van der Waals surface area contributed by atoms with Crippen LogP contribution in [0, 0.1) is 6.92 Å². The zero-order valence-electron chi connectivity index (χ0n) is 11.6. The zero-order valence-corrected chi connectivity index (χ0v) is 12.4. The molecule has 2 rings (SSSR count). The third kappa shape index (κ3) is 3.17. The normalized spacial score (nSPS) is 12.9.